The molecular weight excluding hydrogens is 378 g/mol. The van der Waals surface area contributed by atoms with Gasteiger partial charge in [0, 0.05) is 22.1 Å². The predicted molar refractivity (Wildman–Crippen MR) is 109 cm³/mol. The first-order chi connectivity index (χ1) is 13.3. The highest BCUT2D eigenvalue weighted by Crippen LogP contribution is 2.40. The third kappa shape index (κ3) is 3.91. The molecule has 1 atom stereocenters. The summed E-state index contributed by atoms with van der Waals surface area (Å²) in [6.45, 7) is 3.75. The summed E-state index contributed by atoms with van der Waals surface area (Å²) in [6.07, 6.45) is 4.98. The maximum Gasteiger partial charge on any atom is 0.272 e. The number of nitro benzene ring substituents is 1. The molecule has 28 heavy (non-hydrogen) atoms. The fraction of sp³-hybridized carbons (Fsp3) is 0.400. The number of hydrogen-bond acceptors (Lipinski definition) is 5. The Balaban J connectivity index is 1.88. The molecule has 148 valence electrons. The summed E-state index contributed by atoms with van der Waals surface area (Å²) in [5.41, 5.74) is 7.64. The van der Waals surface area contributed by atoms with Crippen LogP contribution in [0.2, 0.25) is 0 Å². The minimum atomic E-state index is -0.540. The van der Waals surface area contributed by atoms with E-state index in [0.717, 1.165) is 42.5 Å². The Hall–Kier alpha value is -2.74. The molecule has 2 aromatic rings. The number of hydrogen-bond donors (Lipinski definition) is 2. The molecule has 8 heteroatoms. The number of rotatable bonds is 6. The molecule has 0 bridgehead atoms. The number of nitrogens with one attached hydrogen (secondary N) is 1. The van der Waals surface area contributed by atoms with Crippen LogP contribution >= 0.6 is 11.3 Å². The molecule has 1 aliphatic rings. The van der Waals surface area contributed by atoms with Crippen molar-refractivity contribution in [3.63, 3.8) is 0 Å². The van der Waals surface area contributed by atoms with E-state index in [1.807, 2.05) is 0 Å². The molecule has 1 aliphatic carbocycles. The topological polar surface area (TPSA) is 115 Å². The molecule has 1 heterocycles. The summed E-state index contributed by atoms with van der Waals surface area (Å²) < 4.78 is 0. The number of nitro groups is 1. The predicted octanol–water partition coefficient (Wildman–Crippen LogP) is 4.22. The van der Waals surface area contributed by atoms with Crippen LogP contribution in [0.15, 0.2) is 18.2 Å². The summed E-state index contributed by atoms with van der Waals surface area (Å²) >= 11 is 1.41. The number of carbonyl (C=O) groups is 2. The van der Waals surface area contributed by atoms with Crippen LogP contribution in [0.1, 0.15) is 62.9 Å². The van der Waals surface area contributed by atoms with Crippen LogP contribution in [0.3, 0.4) is 0 Å². The molecule has 0 fully saturated rings. The van der Waals surface area contributed by atoms with Crippen molar-refractivity contribution in [3.05, 3.63) is 55.4 Å². The van der Waals surface area contributed by atoms with Gasteiger partial charge >= 0.3 is 0 Å². The molecular formula is C20H23N3O4S. The van der Waals surface area contributed by atoms with Gasteiger partial charge in [0.15, 0.2) is 0 Å². The quantitative estimate of drug-likeness (QED) is 0.557. The molecule has 1 aromatic heterocycles. The number of anilines is 1. The zero-order valence-electron chi connectivity index (χ0n) is 15.9. The maximum atomic E-state index is 12.7. The van der Waals surface area contributed by atoms with Crippen LogP contribution in [-0.4, -0.2) is 16.7 Å². The highest BCUT2D eigenvalue weighted by Gasteiger charge is 2.28. The lowest BCUT2D eigenvalue weighted by molar-refractivity contribution is -0.385. The number of carbonyl (C=O) groups excluding carboxylic acids is 2. The Morgan fingerprint density at radius 2 is 2.14 bits per heavy atom. The van der Waals surface area contributed by atoms with Gasteiger partial charge in [-0.2, -0.15) is 0 Å². The molecule has 3 N–H and O–H groups in total. The van der Waals surface area contributed by atoms with Gasteiger partial charge in [-0.15, -0.1) is 11.3 Å². The number of nitrogens with zero attached hydrogens (tertiary/aromatic N) is 1. The van der Waals surface area contributed by atoms with Crippen molar-refractivity contribution >= 4 is 33.8 Å². The lowest BCUT2D eigenvalue weighted by Crippen LogP contribution is -2.20. The molecule has 0 saturated heterocycles. The Bertz CT molecular complexity index is 951. The van der Waals surface area contributed by atoms with Crippen LogP contribution in [0.5, 0.6) is 0 Å². The van der Waals surface area contributed by atoms with Crippen molar-refractivity contribution in [2.75, 3.05) is 5.32 Å². The minimum Gasteiger partial charge on any atom is -0.365 e. The first kappa shape index (κ1) is 20.0. The summed E-state index contributed by atoms with van der Waals surface area (Å²) in [5, 5.41) is 14.2. The van der Waals surface area contributed by atoms with Crippen molar-refractivity contribution in [2.45, 2.75) is 46.0 Å². The second kappa shape index (κ2) is 8.10. The minimum absolute atomic E-state index is 0.0390. The zero-order chi connectivity index (χ0) is 20.4. The smallest absolute Gasteiger partial charge is 0.272 e. The van der Waals surface area contributed by atoms with E-state index in [1.54, 1.807) is 6.92 Å². The molecule has 7 nitrogen and oxygen atoms in total. The molecule has 0 unspecified atom stereocenters. The van der Waals surface area contributed by atoms with Crippen LogP contribution in [0, 0.1) is 23.0 Å². The monoisotopic (exact) mass is 401 g/mol. The van der Waals surface area contributed by atoms with Crippen molar-refractivity contribution in [3.8, 4) is 0 Å². The van der Waals surface area contributed by atoms with E-state index in [2.05, 4.69) is 12.2 Å². The van der Waals surface area contributed by atoms with E-state index >= 15 is 0 Å². The summed E-state index contributed by atoms with van der Waals surface area (Å²) in [4.78, 5) is 36.3. The standard InChI is InChI=1S/C20H23N3O4S/c1-3-4-12-5-7-14-16(10-12)28-20(17(14)18(21)24)22-19(25)13-6-8-15(23(26)27)11(2)9-13/h6,8-9,12H,3-5,7,10H2,1-2H3,(H2,21,24)(H,22,25)/t12-/m0/s1. The van der Waals surface area contributed by atoms with Gasteiger partial charge in [0.25, 0.3) is 17.5 Å². The zero-order valence-corrected chi connectivity index (χ0v) is 16.7. The fourth-order valence-electron chi connectivity index (χ4n) is 3.83. The lowest BCUT2D eigenvalue weighted by Gasteiger charge is -2.21. The number of fused-ring (bicyclic) bond motifs is 1. The van der Waals surface area contributed by atoms with Gasteiger partial charge in [0.05, 0.1) is 10.5 Å². The van der Waals surface area contributed by atoms with Gasteiger partial charge in [-0.3, -0.25) is 19.7 Å². The second-order valence-electron chi connectivity index (χ2n) is 7.18. The van der Waals surface area contributed by atoms with E-state index in [4.69, 9.17) is 5.73 Å². The molecule has 0 spiro atoms. The maximum absolute atomic E-state index is 12.7. The number of nitrogens with two attached hydrogens (primary N) is 1. The highest BCUT2D eigenvalue weighted by atomic mass is 32.1. The summed E-state index contributed by atoms with van der Waals surface area (Å²) in [6, 6.07) is 4.20. The Kier molecular flexibility index (Phi) is 5.79. The van der Waals surface area contributed by atoms with Crippen molar-refractivity contribution in [1.82, 2.24) is 0 Å². The molecule has 3 rings (SSSR count). The fourth-order valence-corrected chi connectivity index (χ4v) is 5.20. The van der Waals surface area contributed by atoms with E-state index in [1.165, 1.54) is 29.5 Å². The van der Waals surface area contributed by atoms with Crippen LogP contribution in [0.4, 0.5) is 10.7 Å². The van der Waals surface area contributed by atoms with Gasteiger partial charge in [0.2, 0.25) is 0 Å². The average Bonchev–Trinajstić information content (AvgIpc) is 2.98. The SMILES string of the molecule is CCC[C@H]1CCc2c(sc(NC(=O)c3ccc([N+](=O)[O-])c(C)c3)c2C(N)=O)C1. The van der Waals surface area contributed by atoms with E-state index in [0.29, 0.717) is 27.6 Å². The van der Waals surface area contributed by atoms with Crippen molar-refractivity contribution < 1.29 is 14.5 Å². The Labute approximate surface area is 167 Å². The summed E-state index contributed by atoms with van der Waals surface area (Å²) in [5.74, 6) is -0.358. The normalized spacial score (nSPS) is 15.7. The number of aryl methyl sites for hydroxylation is 1. The largest absolute Gasteiger partial charge is 0.365 e. The second-order valence-corrected chi connectivity index (χ2v) is 8.29. The molecule has 0 aliphatic heterocycles. The van der Waals surface area contributed by atoms with E-state index in [-0.39, 0.29) is 5.69 Å². The van der Waals surface area contributed by atoms with Gasteiger partial charge in [-0.25, -0.2) is 0 Å². The van der Waals surface area contributed by atoms with E-state index in [9.17, 15) is 19.7 Å². The highest BCUT2D eigenvalue weighted by molar-refractivity contribution is 7.17. The van der Waals surface area contributed by atoms with Gasteiger partial charge < -0.3 is 11.1 Å². The third-order valence-electron chi connectivity index (χ3n) is 5.19. The van der Waals surface area contributed by atoms with Crippen LogP contribution < -0.4 is 11.1 Å². The molecule has 1 aromatic carbocycles. The molecule has 2 amide bonds. The number of benzene rings is 1. The average molecular weight is 401 g/mol. The van der Waals surface area contributed by atoms with Gasteiger partial charge in [0.1, 0.15) is 5.00 Å². The summed E-state index contributed by atoms with van der Waals surface area (Å²) in [7, 11) is 0. The van der Waals surface area contributed by atoms with Crippen molar-refractivity contribution in [2.24, 2.45) is 11.7 Å². The van der Waals surface area contributed by atoms with E-state index < -0.39 is 16.7 Å². The number of thiophene rings is 1. The molecule has 0 saturated carbocycles. The first-order valence-corrected chi connectivity index (χ1v) is 10.1. The van der Waals surface area contributed by atoms with Crippen molar-refractivity contribution in [1.29, 1.82) is 0 Å². The Morgan fingerprint density at radius 1 is 1.39 bits per heavy atom. The first-order valence-electron chi connectivity index (χ1n) is 9.32. The Morgan fingerprint density at radius 3 is 2.75 bits per heavy atom. The van der Waals surface area contributed by atoms with Crippen LogP contribution in [-0.2, 0) is 12.8 Å². The number of primary amides is 1. The third-order valence-corrected chi connectivity index (χ3v) is 6.36. The number of amides is 2. The lowest BCUT2D eigenvalue weighted by atomic mass is 9.84. The van der Waals surface area contributed by atoms with Crippen LogP contribution in [0.25, 0.3) is 0 Å². The van der Waals surface area contributed by atoms with Gasteiger partial charge in [-0.05, 0) is 49.8 Å². The van der Waals surface area contributed by atoms with Gasteiger partial charge in [-0.1, -0.05) is 19.8 Å². The molecule has 0 radical (unpaired) electrons.